The minimum atomic E-state index is -4.11. The van der Waals surface area contributed by atoms with Gasteiger partial charge in [-0.05, 0) is 49.1 Å². The molecular formula is C26H29ClN2O8S. The van der Waals surface area contributed by atoms with Gasteiger partial charge in [0, 0.05) is 30.8 Å². The third-order valence-corrected chi connectivity index (χ3v) is 7.42. The summed E-state index contributed by atoms with van der Waals surface area (Å²) in [5.74, 6) is -1.27. The fourth-order valence-corrected chi connectivity index (χ4v) is 4.95. The Morgan fingerprint density at radius 2 is 2.00 bits per heavy atom. The number of ether oxygens (including phenoxy) is 3. The lowest BCUT2D eigenvalue weighted by Crippen LogP contribution is -2.42. The van der Waals surface area contributed by atoms with Gasteiger partial charge in [0.1, 0.15) is 29.9 Å². The fourth-order valence-electron chi connectivity index (χ4n) is 4.54. The third kappa shape index (κ3) is 7.31. The number of esters is 1. The Morgan fingerprint density at radius 1 is 1.24 bits per heavy atom. The van der Waals surface area contributed by atoms with E-state index < -0.39 is 27.8 Å². The van der Waals surface area contributed by atoms with E-state index in [4.69, 9.17) is 30.4 Å². The lowest BCUT2D eigenvalue weighted by Gasteiger charge is -2.35. The zero-order valence-corrected chi connectivity index (χ0v) is 22.4. The Labute approximate surface area is 226 Å². The zero-order chi connectivity index (χ0) is 27.3. The molecule has 0 aliphatic carbocycles. The number of carbonyl (C=O) groups is 2. The van der Waals surface area contributed by atoms with E-state index in [-0.39, 0.29) is 31.6 Å². The van der Waals surface area contributed by atoms with Gasteiger partial charge < -0.3 is 19.1 Å². The standard InChI is InChI=1S/C26H29ClN2O8S/c1-17-25(26(31)37-16-18-4-7-20(8-5-18)36-11-12-38(32,33)34)22(19-6-9-23(27)28-14-19)13-24(30)29(17)15-21-3-2-10-35-21/h4-9,14,21-22H,2-3,10-13,15-16H2,1H3,(H,32,33,34)/t21?,22-/m0/s1. The summed E-state index contributed by atoms with van der Waals surface area (Å²) < 4.78 is 47.1. The van der Waals surface area contributed by atoms with E-state index in [0.29, 0.717) is 46.5 Å². The van der Waals surface area contributed by atoms with Crippen molar-refractivity contribution >= 4 is 33.6 Å². The predicted molar refractivity (Wildman–Crippen MR) is 138 cm³/mol. The quantitative estimate of drug-likeness (QED) is 0.261. The molecule has 1 saturated heterocycles. The number of benzene rings is 1. The van der Waals surface area contributed by atoms with Gasteiger partial charge in [-0.25, -0.2) is 9.78 Å². The number of rotatable bonds is 10. The second kappa shape index (κ2) is 12.2. The summed E-state index contributed by atoms with van der Waals surface area (Å²) in [5, 5.41) is 0.311. The smallest absolute Gasteiger partial charge is 0.336 e. The van der Waals surface area contributed by atoms with Gasteiger partial charge in [0.15, 0.2) is 0 Å². The van der Waals surface area contributed by atoms with E-state index in [9.17, 15) is 18.0 Å². The molecule has 0 spiro atoms. The van der Waals surface area contributed by atoms with Crippen molar-refractivity contribution in [1.29, 1.82) is 0 Å². The van der Waals surface area contributed by atoms with Crippen LogP contribution in [0.15, 0.2) is 53.9 Å². The van der Waals surface area contributed by atoms with Gasteiger partial charge in [0.25, 0.3) is 10.1 Å². The number of hydrogen-bond acceptors (Lipinski definition) is 8. The lowest BCUT2D eigenvalue weighted by atomic mass is 9.84. The molecular weight excluding hydrogens is 536 g/mol. The monoisotopic (exact) mass is 564 g/mol. The first kappa shape index (κ1) is 28.0. The minimum Gasteiger partial charge on any atom is -0.492 e. The van der Waals surface area contributed by atoms with E-state index in [2.05, 4.69) is 4.98 Å². The minimum absolute atomic E-state index is 0.0216. The highest BCUT2D eigenvalue weighted by molar-refractivity contribution is 7.85. The van der Waals surface area contributed by atoms with E-state index in [1.807, 2.05) is 0 Å². The normalized spacial score (nSPS) is 20.1. The van der Waals surface area contributed by atoms with Crippen molar-refractivity contribution < 1.29 is 36.8 Å². The van der Waals surface area contributed by atoms with Crippen molar-refractivity contribution in [2.24, 2.45) is 0 Å². The van der Waals surface area contributed by atoms with Crippen LogP contribution >= 0.6 is 11.6 Å². The molecule has 0 bridgehead atoms. The van der Waals surface area contributed by atoms with Crippen LogP contribution in [0.25, 0.3) is 0 Å². The number of hydrogen-bond donors (Lipinski definition) is 1. The zero-order valence-electron chi connectivity index (χ0n) is 20.8. The summed E-state index contributed by atoms with van der Waals surface area (Å²) in [6, 6.07) is 9.98. The molecule has 204 valence electrons. The number of nitrogens with zero attached hydrogens (tertiary/aromatic N) is 2. The van der Waals surface area contributed by atoms with Crippen LogP contribution in [0, 0.1) is 0 Å². The van der Waals surface area contributed by atoms with Crippen molar-refractivity contribution in [3.8, 4) is 5.75 Å². The molecule has 2 aliphatic rings. The molecule has 0 radical (unpaired) electrons. The van der Waals surface area contributed by atoms with Crippen LogP contribution in [-0.4, -0.2) is 66.3 Å². The lowest BCUT2D eigenvalue weighted by molar-refractivity contribution is -0.141. The highest BCUT2D eigenvalue weighted by atomic mass is 35.5. The van der Waals surface area contributed by atoms with Gasteiger partial charge in [-0.15, -0.1) is 0 Å². The van der Waals surface area contributed by atoms with Crippen LogP contribution in [0.3, 0.4) is 0 Å². The van der Waals surface area contributed by atoms with Crippen LogP contribution in [-0.2, 0) is 35.8 Å². The van der Waals surface area contributed by atoms with Gasteiger partial charge in [-0.1, -0.05) is 29.8 Å². The van der Waals surface area contributed by atoms with Gasteiger partial charge in [0.2, 0.25) is 5.91 Å². The van der Waals surface area contributed by atoms with E-state index in [1.165, 1.54) is 0 Å². The molecule has 1 amide bonds. The number of pyridine rings is 1. The average molecular weight is 565 g/mol. The van der Waals surface area contributed by atoms with Crippen molar-refractivity contribution in [2.45, 2.75) is 44.8 Å². The number of aromatic nitrogens is 1. The van der Waals surface area contributed by atoms with Crippen LogP contribution < -0.4 is 4.74 Å². The summed E-state index contributed by atoms with van der Waals surface area (Å²) in [7, 11) is -4.11. The molecule has 0 saturated carbocycles. The molecule has 10 nitrogen and oxygen atoms in total. The Kier molecular flexibility index (Phi) is 9.03. The first-order chi connectivity index (χ1) is 18.1. The fraction of sp³-hybridized carbons (Fsp3) is 0.423. The molecule has 12 heteroatoms. The number of carbonyl (C=O) groups excluding carboxylic acids is 2. The summed E-state index contributed by atoms with van der Waals surface area (Å²) >= 11 is 5.95. The molecule has 2 atom stereocenters. The van der Waals surface area contributed by atoms with Crippen LogP contribution in [0.1, 0.15) is 43.2 Å². The van der Waals surface area contributed by atoms with Gasteiger partial charge in [-0.3, -0.25) is 9.35 Å². The number of allylic oxidation sites excluding steroid dienone is 1. The average Bonchev–Trinajstić information content (AvgIpc) is 3.39. The molecule has 1 N–H and O–H groups in total. The Balaban J connectivity index is 1.49. The maximum atomic E-state index is 13.4. The number of amides is 1. The molecule has 1 fully saturated rings. The molecule has 38 heavy (non-hydrogen) atoms. The Hall–Kier alpha value is -2.99. The molecule has 1 aromatic heterocycles. The molecule has 2 aromatic rings. The van der Waals surface area contributed by atoms with E-state index >= 15 is 0 Å². The van der Waals surface area contributed by atoms with Crippen molar-refractivity contribution in [2.75, 3.05) is 25.5 Å². The Morgan fingerprint density at radius 3 is 2.63 bits per heavy atom. The summed E-state index contributed by atoms with van der Waals surface area (Å²) in [5.41, 5.74) is 2.30. The first-order valence-electron chi connectivity index (χ1n) is 12.2. The molecule has 2 aliphatic heterocycles. The molecule has 1 aromatic carbocycles. The summed E-state index contributed by atoms with van der Waals surface area (Å²) in [6.07, 6.45) is 3.38. The first-order valence-corrected chi connectivity index (χ1v) is 14.2. The van der Waals surface area contributed by atoms with Crippen LogP contribution in [0.5, 0.6) is 5.75 Å². The highest BCUT2D eigenvalue weighted by Gasteiger charge is 2.38. The van der Waals surface area contributed by atoms with Crippen molar-refractivity contribution in [3.05, 3.63) is 70.1 Å². The maximum absolute atomic E-state index is 13.4. The predicted octanol–water partition coefficient (Wildman–Crippen LogP) is 3.51. The third-order valence-electron chi connectivity index (χ3n) is 6.51. The highest BCUT2D eigenvalue weighted by Crippen LogP contribution is 2.37. The van der Waals surface area contributed by atoms with Gasteiger partial charge in [0.05, 0.1) is 18.2 Å². The van der Waals surface area contributed by atoms with Crippen molar-refractivity contribution in [1.82, 2.24) is 9.88 Å². The molecule has 1 unspecified atom stereocenters. The summed E-state index contributed by atoms with van der Waals surface area (Å²) in [4.78, 5) is 32.3. The van der Waals surface area contributed by atoms with E-state index in [1.54, 1.807) is 54.4 Å². The van der Waals surface area contributed by atoms with Gasteiger partial charge in [-0.2, -0.15) is 8.42 Å². The van der Waals surface area contributed by atoms with Crippen molar-refractivity contribution in [3.63, 3.8) is 0 Å². The van der Waals surface area contributed by atoms with Crippen LogP contribution in [0.2, 0.25) is 5.15 Å². The second-order valence-electron chi connectivity index (χ2n) is 9.16. The van der Waals surface area contributed by atoms with E-state index in [0.717, 1.165) is 12.8 Å². The largest absolute Gasteiger partial charge is 0.492 e. The SMILES string of the molecule is CC1=C(C(=O)OCc2ccc(OCCS(=O)(=O)O)cc2)[C@H](c2ccc(Cl)nc2)CC(=O)N1CC1CCCO1. The van der Waals surface area contributed by atoms with Gasteiger partial charge >= 0.3 is 5.97 Å². The van der Waals surface area contributed by atoms with Crippen LogP contribution in [0.4, 0.5) is 0 Å². The second-order valence-corrected chi connectivity index (χ2v) is 11.1. The topological polar surface area (TPSA) is 132 Å². The summed E-state index contributed by atoms with van der Waals surface area (Å²) in [6.45, 7) is 2.58. The number of halogens is 1. The maximum Gasteiger partial charge on any atom is 0.336 e. The molecule has 4 rings (SSSR count). The Bertz CT molecular complexity index is 1290. The molecule has 3 heterocycles.